The van der Waals surface area contributed by atoms with Crippen molar-refractivity contribution in [2.24, 2.45) is 0 Å². The lowest BCUT2D eigenvalue weighted by Gasteiger charge is -1.84. The number of Topliss-reactive ketones (excluding diaryl/α,β-unsaturated/α-hetero) is 1. The highest BCUT2D eigenvalue weighted by Crippen LogP contribution is 2.12. The molecule has 0 unspecified atom stereocenters. The average molecular weight is 301 g/mol. The van der Waals surface area contributed by atoms with E-state index in [0.29, 0.717) is 10.3 Å². The minimum atomic E-state index is 0. The number of thiazole rings is 1. The van der Waals surface area contributed by atoms with Gasteiger partial charge in [-0.05, 0) is 6.92 Å². The van der Waals surface area contributed by atoms with Crippen LogP contribution in [-0.4, -0.2) is 16.1 Å². The molecule has 5 heteroatoms. The van der Waals surface area contributed by atoms with Crippen LogP contribution in [0.15, 0.2) is 6.20 Å². The first kappa shape index (κ1) is 11.3. The molecule has 0 fully saturated rings. The zero-order chi connectivity index (χ0) is 7.56. The van der Waals surface area contributed by atoms with E-state index in [0.717, 1.165) is 4.88 Å². The van der Waals surface area contributed by atoms with E-state index in [1.54, 1.807) is 6.20 Å². The zero-order valence-electron chi connectivity index (χ0n) is 5.83. The molecule has 0 saturated heterocycles. The van der Waals surface area contributed by atoms with Crippen LogP contribution in [-0.2, 0) is 0 Å². The number of aromatic nitrogens is 1. The first-order chi connectivity index (χ1) is 4.74. The van der Waals surface area contributed by atoms with Crippen molar-refractivity contribution in [3.63, 3.8) is 0 Å². The van der Waals surface area contributed by atoms with Crippen molar-refractivity contribution < 1.29 is 4.79 Å². The summed E-state index contributed by atoms with van der Waals surface area (Å²) in [6, 6.07) is 0. The van der Waals surface area contributed by atoms with Crippen molar-refractivity contribution in [3.05, 3.63) is 16.1 Å². The topological polar surface area (TPSA) is 30.0 Å². The molecule has 2 nitrogen and oxygen atoms in total. The number of alkyl halides is 1. The summed E-state index contributed by atoms with van der Waals surface area (Å²) >= 11 is 4.51. The van der Waals surface area contributed by atoms with Gasteiger partial charge in [0.1, 0.15) is 0 Å². The summed E-state index contributed by atoms with van der Waals surface area (Å²) in [5, 5.41) is 0.953. The number of ketones is 1. The van der Waals surface area contributed by atoms with Gasteiger partial charge < -0.3 is 0 Å². The molecule has 0 aliphatic rings. The molecule has 0 spiro atoms. The Morgan fingerprint density at radius 3 is 2.82 bits per heavy atom. The Kier molecular flexibility index (Phi) is 5.12. The number of hydrogen-bond acceptors (Lipinski definition) is 3. The fourth-order valence-corrected chi connectivity index (χ4v) is 1.69. The second-order valence-electron chi connectivity index (χ2n) is 1.83. The van der Waals surface area contributed by atoms with Crippen molar-refractivity contribution >= 4 is 50.0 Å². The van der Waals surface area contributed by atoms with Crippen LogP contribution in [0.4, 0.5) is 0 Å². The number of aryl methyl sites for hydroxylation is 1. The van der Waals surface area contributed by atoms with Crippen LogP contribution in [0.5, 0.6) is 0 Å². The van der Waals surface area contributed by atoms with E-state index >= 15 is 0 Å². The molecule has 0 N–H and O–H groups in total. The van der Waals surface area contributed by atoms with Gasteiger partial charge in [0.25, 0.3) is 0 Å². The highest BCUT2D eigenvalue weighted by Gasteiger charge is 2.06. The quantitative estimate of drug-likeness (QED) is 0.621. The molecule has 1 aromatic rings. The monoisotopic (exact) mass is 299 g/mol. The van der Waals surface area contributed by atoms with Gasteiger partial charge in [0.15, 0.2) is 5.01 Å². The predicted molar refractivity (Wildman–Crippen MR) is 55.3 cm³/mol. The summed E-state index contributed by atoms with van der Waals surface area (Å²) in [4.78, 5) is 15.9. The minimum Gasteiger partial charge on any atom is -0.291 e. The Morgan fingerprint density at radius 1 is 1.82 bits per heavy atom. The molecule has 0 amide bonds. The van der Waals surface area contributed by atoms with Gasteiger partial charge in [-0.2, -0.15) is 0 Å². The number of hydrogen-bond donors (Lipinski definition) is 0. The molecule has 11 heavy (non-hydrogen) atoms. The molecule has 0 bridgehead atoms. The largest absolute Gasteiger partial charge is 0.291 e. The highest BCUT2D eigenvalue weighted by atomic mass is 79.9. The van der Waals surface area contributed by atoms with Crippen LogP contribution in [0.3, 0.4) is 0 Å². The van der Waals surface area contributed by atoms with Gasteiger partial charge in [-0.1, -0.05) is 15.9 Å². The van der Waals surface area contributed by atoms with Crippen molar-refractivity contribution in [1.82, 2.24) is 4.98 Å². The molecule has 62 valence electrons. The second-order valence-corrected chi connectivity index (χ2v) is 3.63. The normalized spacial score (nSPS) is 8.91. The zero-order valence-corrected chi connectivity index (χ0v) is 9.95. The van der Waals surface area contributed by atoms with E-state index in [1.807, 2.05) is 6.92 Å². The van der Waals surface area contributed by atoms with E-state index in [1.165, 1.54) is 11.3 Å². The van der Waals surface area contributed by atoms with E-state index in [4.69, 9.17) is 0 Å². The molecule has 0 saturated carbocycles. The number of carbonyl (C=O) groups excluding carboxylic acids is 1. The molecule has 0 atom stereocenters. The SMILES string of the molecule is Br.Cc1cnc(C(=O)CBr)s1. The smallest absolute Gasteiger partial charge is 0.201 e. The molecule has 1 rings (SSSR count). The lowest BCUT2D eigenvalue weighted by Crippen LogP contribution is -1.97. The fraction of sp³-hybridized carbons (Fsp3) is 0.333. The molecule has 0 aliphatic heterocycles. The summed E-state index contributed by atoms with van der Waals surface area (Å²) in [5.74, 6) is 0.0538. The molecular formula is C6H7Br2NOS. The van der Waals surface area contributed by atoms with Crippen molar-refractivity contribution in [2.75, 3.05) is 5.33 Å². The Morgan fingerprint density at radius 2 is 2.45 bits per heavy atom. The van der Waals surface area contributed by atoms with Crippen LogP contribution in [0.2, 0.25) is 0 Å². The van der Waals surface area contributed by atoms with Gasteiger partial charge in [-0.3, -0.25) is 4.79 Å². The number of nitrogens with zero attached hydrogens (tertiary/aromatic N) is 1. The summed E-state index contributed by atoms with van der Waals surface area (Å²) < 4.78 is 0. The van der Waals surface area contributed by atoms with Gasteiger partial charge in [0.2, 0.25) is 5.78 Å². The number of carbonyl (C=O) groups is 1. The summed E-state index contributed by atoms with van der Waals surface area (Å²) in [6.45, 7) is 1.93. The van der Waals surface area contributed by atoms with Gasteiger partial charge in [0.05, 0.1) is 5.33 Å². The van der Waals surface area contributed by atoms with Gasteiger partial charge >= 0.3 is 0 Å². The Labute approximate surface area is 87.9 Å². The fourth-order valence-electron chi connectivity index (χ4n) is 0.541. The summed E-state index contributed by atoms with van der Waals surface area (Å²) in [7, 11) is 0. The van der Waals surface area contributed by atoms with E-state index < -0.39 is 0 Å². The third-order valence-corrected chi connectivity index (χ3v) is 2.44. The molecule has 0 radical (unpaired) electrons. The molecule has 0 aromatic carbocycles. The molecular weight excluding hydrogens is 294 g/mol. The average Bonchev–Trinajstić information content (AvgIpc) is 2.34. The van der Waals surface area contributed by atoms with Crippen molar-refractivity contribution in [2.45, 2.75) is 6.92 Å². The van der Waals surface area contributed by atoms with E-state index in [2.05, 4.69) is 20.9 Å². The van der Waals surface area contributed by atoms with Gasteiger partial charge in [-0.25, -0.2) is 4.98 Å². The maximum Gasteiger partial charge on any atom is 0.201 e. The van der Waals surface area contributed by atoms with Crippen LogP contribution in [0, 0.1) is 6.92 Å². The van der Waals surface area contributed by atoms with E-state index in [-0.39, 0.29) is 22.8 Å². The lowest BCUT2D eigenvalue weighted by molar-refractivity contribution is 0.102. The number of halogens is 2. The van der Waals surface area contributed by atoms with Crippen molar-refractivity contribution in [3.8, 4) is 0 Å². The van der Waals surface area contributed by atoms with Crippen molar-refractivity contribution in [1.29, 1.82) is 0 Å². The second kappa shape index (κ2) is 5.00. The van der Waals surface area contributed by atoms with Crippen LogP contribution >= 0.6 is 44.2 Å². The Balaban J connectivity index is 0.000001000. The third kappa shape index (κ3) is 3.01. The molecule has 1 aromatic heterocycles. The lowest BCUT2D eigenvalue weighted by atomic mass is 10.5. The first-order valence-corrected chi connectivity index (χ1v) is 4.69. The standard InChI is InChI=1S/C6H6BrNOS.BrH/c1-4-3-8-6(10-4)5(9)2-7;/h3H,2H2,1H3;1H. The van der Waals surface area contributed by atoms with Crippen LogP contribution in [0.1, 0.15) is 14.7 Å². The summed E-state index contributed by atoms with van der Waals surface area (Å²) in [6.07, 6.45) is 1.71. The minimum absolute atomic E-state index is 0. The molecule has 0 aliphatic carbocycles. The highest BCUT2D eigenvalue weighted by molar-refractivity contribution is 9.09. The van der Waals surface area contributed by atoms with Gasteiger partial charge in [-0.15, -0.1) is 28.3 Å². The van der Waals surface area contributed by atoms with Crippen LogP contribution < -0.4 is 0 Å². The third-order valence-electron chi connectivity index (χ3n) is 0.981. The Bertz CT molecular complexity index is 248. The van der Waals surface area contributed by atoms with E-state index in [9.17, 15) is 4.79 Å². The summed E-state index contributed by atoms with van der Waals surface area (Å²) in [5.41, 5.74) is 0. The number of rotatable bonds is 2. The first-order valence-electron chi connectivity index (χ1n) is 2.75. The maximum atomic E-state index is 10.9. The predicted octanol–water partition coefficient (Wildman–Crippen LogP) is 2.61. The molecule has 1 heterocycles. The Hall–Kier alpha value is 0.260. The van der Waals surface area contributed by atoms with Crippen LogP contribution in [0.25, 0.3) is 0 Å². The maximum absolute atomic E-state index is 10.9. The van der Waals surface area contributed by atoms with Gasteiger partial charge in [0, 0.05) is 11.1 Å².